The summed E-state index contributed by atoms with van der Waals surface area (Å²) in [4.78, 5) is 15.1. The second-order valence-corrected chi connectivity index (χ2v) is 7.56. The third-order valence-electron chi connectivity index (χ3n) is 5.83. The molecule has 8 heteroatoms. The number of carbonyl (C=O) groups excluding carboxylic acids is 1. The molecule has 2 fully saturated rings. The minimum Gasteiger partial charge on any atom is -0.393 e. The maximum absolute atomic E-state index is 12.8. The van der Waals surface area contributed by atoms with Crippen molar-refractivity contribution in [1.29, 1.82) is 0 Å². The Kier molecular flexibility index (Phi) is 10.7. The van der Waals surface area contributed by atoms with Crippen molar-refractivity contribution in [2.75, 3.05) is 32.8 Å². The lowest BCUT2D eigenvalue weighted by Gasteiger charge is -2.34. The van der Waals surface area contributed by atoms with Crippen molar-refractivity contribution in [3.63, 3.8) is 0 Å². The summed E-state index contributed by atoms with van der Waals surface area (Å²) in [5.41, 5.74) is 7.82. The third kappa shape index (κ3) is 6.31. The molecule has 0 unspecified atom stereocenters. The zero-order valence-corrected chi connectivity index (χ0v) is 17.9. The Labute approximate surface area is 180 Å². The highest BCUT2D eigenvalue weighted by molar-refractivity contribution is 5.85. The van der Waals surface area contributed by atoms with Crippen molar-refractivity contribution in [2.45, 2.75) is 44.9 Å². The lowest BCUT2D eigenvalue weighted by atomic mass is 9.79. The fourth-order valence-corrected chi connectivity index (χ4v) is 3.85. The van der Waals surface area contributed by atoms with Crippen LogP contribution in [0, 0.1) is 5.41 Å². The van der Waals surface area contributed by atoms with Crippen LogP contribution in [0.3, 0.4) is 0 Å². The molecule has 0 radical (unpaired) electrons. The number of aliphatic hydroxyl groups is 1. The predicted octanol–water partition coefficient (Wildman–Crippen LogP) is 1.86. The average Bonchev–Trinajstić information content (AvgIpc) is 2.69. The summed E-state index contributed by atoms with van der Waals surface area (Å²) in [5.74, 6) is 0.0409. The van der Waals surface area contributed by atoms with Crippen LogP contribution in [0.2, 0.25) is 0 Å². The van der Waals surface area contributed by atoms with E-state index in [1.807, 2.05) is 12.1 Å². The third-order valence-corrected chi connectivity index (χ3v) is 5.83. The van der Waals surface area contributed by atoms with Gasteiger partial charge in [-0.15, -0.1) is 24.8 Å². The van der Waals surface area contributed by atoms with E-state index in [0.717, 1.165) is 38.0 Å². The van der Waals surface area contributed by atoms with Crippen LogP contribution in [-0.4, -0.2) is 54.9 Å². The van der Waals surface area contributed by atoms with Gasteiger partial charge in [0.15, 0.2) is 0 Å². The minimum absolute atomic E-state index is 0. The van der Waals surface area contributed by atoms with Crippen molar-refractivity contribution >= 4 is 30.7 Å². The molecule has 1 amide bonds. The number of benzene rings is 1. The van der Waals surface area contributed by atoms with Crippen molar-refractivity contribution in [3.8, 4) is 0 Å². The smallest absolute Gasteiger partial charge is 0.227 e. The fraction of sp³-hybridized carbons (Fsp3) is 0.650. The van der Waals surface area contributed by atoms with Crippen LogP contribution in [0.4, 0.5) is 0 Å². The van der Waals surface area contributed by atoms with Crippen LogP contribution < -0.4 is 11.1 Å². The van der Waals surface area contributed by atoms with Crippen LogP contribution >= 0.6 is 24.8 Å². The zero-order valence-electron chi connectivity index (χ0n) is 16.3. The van der Waals surface area contributed by atoms with E-state index in [0.29, 0.717) is 39.1 Å². The molecular formula is C20H33Cl2N3O3. The summed E-state index contributed by atoms with van der Waals surface area (Å²) in [6, 6.07) is 8.25. The van der Waals surface area contributed by atoms with Gasteiger partial charge in [-0.3, -0.25) is 9.69 Å². The Bertz CT molecular complexity index is 604. The second kappa shape index (κ2) is 12.0. The van der Waals surface area contributed by atoms with Crippen LogP contribution in [0.5, 0.6) is 0 Å². The van der Waals surface area contributed by atoms with Crippen LogP contribution in [-0.2, 0) is 22.6 Å². The average molecular weight is 434 g/mol. The molecule has 0 aliphatic carbocycles. The monoisotopic (exact) mass is 433 g/mol. The molecule has 0 aromatic heterocycles. The quantitative estimate of drug-likeness (QED) is 0.636. The lowest BCUT2D eigenvalue weighted by molar-refractivity contribution is -0.136. The Morgan fingerprint density at radius 3 is 2.39 bits per heavy atom. The molecule has 6 nitrogen and oxygen atoms in total. The Morgan fingerprint density at radius 1 is 1.18 bits per heavy atom. The van der Waals surface area contributed by atoms with Gasteiger partial charge in [0.1, 0.15) is 0 Å². The highest BCUT2D eigenvalue weighted by Crippen LogP contribution is 2.29. The first-order valence-electron chi connectivity index (χ1n) is 9.66. The highest BCUT2D eigenvalue weighted by atomic mass is 35.5. The van der Waals surface area contributed by atoms with Gasteiger partial charge in [0.2, 0.25) is 5.91 Å². The molecule has 2 saturated heterocycles. The molecule has 2 heterocycles. The van der Waals surface area contributed by atoms with E-state index >= 15 is 0 Å². The summed E-state index contributed by atoms with van der Waals surface area (Å²) in [6.07, 6.45) is 2.88. The number of likely N-dealkylation sites (tertiary alicyclic amines) is 1. The summed E-state index contributed by atoms with van der Waals surface area (Å²) >= 11 is 0. The molecular weight excluding hydrogens is 401 g/mol. The van der Waals surface area contributed by atoms with Gasteiger partial charge in [-0.2, -0.15) is 0 Å². The second-order valence-electron chi connectivity index (χ2n) is 7.56. The zero-order chi connectivity index (χ0) is 18.4. The van der Waals surface area contributed by atoms with E-state index in [1.54, 1.807) is 0 Å². The molecule has 1 aromatic carbocycles. The minimum atomic E-state index is -0.490. The number of amides is 1. The van der Waals surface area contributed by atoms with Crippen LogP contribution in [0.1, 0.15) is 36.8 Å². The molecule has 0 saturated carbocycles. The largest absolute Gasteiger partial charge is 0.393 e. The number of nitrogens with one attached hydrogen (secondary N) is 1. The molecule has 4 N–H and O–H groups in total. The number of halogens is 2. The fourth-order valence-electron chi connectivity index (χ4n) is 3.85. The number of rotatable bonds is 6. The van der Waals surface area contributed by atoms with Gasteiger partial charge in [-0.25, -0.2) is 0 Å². The van der Waals surface area contributed by atoms with Gasteiger partial charge >= 0.3 is 0 Å². The number of ether oxygens (including phenoxy) is 1. The normalized spacial score (nSPS) is 19.9. The number of hydrogen-bond donors (Lipinski definition) is 3. The molecule has 160 valence electrons. The highest BCUT2D eigenvalue weighted by Gasteiger charge is 2.38. The molecule has 3 rings (SSSR count). The van der Waals surface area contributed by atoms with E-state index in [4.69, 9.17) is 10.5 Å². The molecule has 0 atom stereocenters. The molecule has 28 heavy (non-hydrogen) atoms. The van der Waals surface area contributed by atoms with E-state index in [9.17, 15) is 9.90 Å². The van der Waals surface area contributed by atoms with Gasteiger partial charge in [-0.05, 0) is 36.8 Å². The topological polar surface area (TPSA) is 87.8 Å². The van der Waals surface area contributed by atoms with Gasteiger partial charge in [0.05, 0.1) is 11.5 Å². The van der Waals surface area contributed by atoms with Crippen molar-refractivity contribution < 1.29 is 14.6 Å². The van der Waals surface area contributed by atoms with Gasteiger partial charge in [0.25, 0.3) is 0 Å². The molecule has 2 aliphatic rings. The SMILES string of the molecule is Cl.Cl.NCC1(C(=O)NCc2ccccc2CN2CCC(O)CC2)CCOCC1. The number of nitrogens with two attached hydrogens (primary N) is 1. The van der Waals surface area contributed by atoms with Gasteiger partial charge < -0.3 is 20.9 Å². The number of piperidine rings is 1. The summed E-state index contributed by atoms with van der Waals surface area (Å²) in [5, 5.41) is 12.8. The summed E-state index contributed by atoms with van der Waals surface area (Å²) in [6.45, 7) is 4.77. The number of aliphatic hydroxyl groups excluding tert-OH is 1. The standard InChI is InChI=1S/C20H31N3O3.2ClH/c21-15-20(7-11-26-12-8-20)19(25)22-13-16-3-1-2-4-17(16)14-23-9-5-18(24)6-10-23;;/h1-4,18,24H,5-15,21H2,(H,22,25);2*1H. The number of nitrogens with zero attached hydrogens (tertiary/aromatic N) is 1. The first-order chi connectivity index (χ1) is 12.6. The van der Waals surface area contributed by atoms with E-state index in [-0.39, 0.29) is 36.8 Å². The van der Waals surface area contributed by atoms with Crippen molar-refractivity contribution in [1.82, 2.24) is 10.2 Å². The van der Waals surface area contributed by atoms with E-state index in [1.165, 1.54) is 5.56 Å². The molecule has 2 aliphatic heterocycles. The molecule has 1 aromatic rings. The van der Waals surface area contributed by atoms with E-state index in [2.05, 4.69) is 22.3 Å². The first kappa shape index (κ1) is 25.1. The van der Waals surface area contributed by atoms with Gasteiger partial charge in [-0.1, -0.05) is 24.3 Å². The maximum Gasteiger partial charge on any atom is 0.227 e. The Balaban J connectivity index is 0.00000196. The number of hydrogen-bond acceptors (Lipinski definition) is 5. The lowest BCUT2D eigenvalue weighted by Crippen LogP contribution is -2.49. The summed E-state index contributed by atoms with van der Waals surface area (Å²) < 4.78 is 5.39. The van der Waals surface area contributed by atoms with Crippen molar-refractivity contribution in [3.05, 3.63) is 35.4 Å². The maximum atomic E-state index is 12.8. The first-order valence-corrected chi connectivity index (χ1v) is 9.66. The molecule has 0 bridgehead atoms. The Hall–Kier alpha value is -0.890. The van der Waals surface area contributed by atoms with E-state index < -0.39 is 5.41 Å². The predicted molar refractivity (Wildman–Crippen MR) is 115 cm³/mol. The molecule has 0 spiro atoms. The van der Waals surface area contributed by atoms with Gasteiger partial charge in [0, 0.05) is 45.9 Å². The van der Waals surface area contributed by atoms with Crippen molar-refractivity contribution in [2.24, 2.45) is 11.1 Å². The van der Waals surface area contributed by atoms with Crippen LogP contribution in [0.15, 0.2) is 24.3 Å². The Morgan fingerprint density at radius 2 is 1.79 bits per heavy atom. The summed E-state index contributed by atoms with van der Waals surface area (Å²) in [7, 11) is 0. The van der Waals surface area contributed by atoms with Crippen LogP contribution in [0.25, 0.3) is 0 Å². The number of carbonyl (C=O) groups is 1.